The van der Waals surface area contributed by atoms with Crippen LogP contribution in [0.1, 0.15) is 46.0 Å². The van der Waals surface area contributed by atoms with Crippen LogP contribution in [0.5, 0.6) is 0 Å². The highest BCUT2D eigenvalue weighted by molar-refractivity contribution is 4.89. The van der Waals surface area contributed by atoms with Crippen molar-refractivity contribution in [2.24, 2.45) is 11.3 Å². The molecule has 2 rings (SSSR count). The molecule has 0 bridgehead atoms. The van der Waals surface area contributed by atoms with Crippen molar-refractivity contribution in [3.63, 3.8) is 0 Å². The van der Waals surface area contributed by atoms with Crippen LogP contribution in [0.3, 0.4) is 0 Å². The van der Waals surface area contributed by atoms with E-state index in [0.29, 0.717) is 5.92 Å². The Hall–Kier alpha value is -0.120. The summed E-state index contributed by atoms with van der Waals surface area (Å²) in [6.45, 7) is 8.59. The average molecular weight is 255 g/mol. The molecular formula is C15H29NO2. The smallest absolute Gasteiger partial charge is 0.0557 e. The quantitative estimate of drug-likeness (QED) is 0.790. The van der Waals surface area contributed by atoms with Crippen LogP contribution in [0.2, 0.25) is 0 Å². The molecule has 2 aliphatic rings. The van der Waals surface area contributed by atoms with Crippen molar-refractivity contribution in [1.29, 1.82) is 0 Å². The third kappa shape index (κ3) is 3.46. The molecular weight excluding hydrogens is 226 g/mol. The Balaban J connectivity index is 1.98. The van der Waals surface area contributed by atoms with Gasteiger partial charge in [-0.3, -0.25) is 4.90 Å². The van der Waals surface area contributed by atoms with Gasteiger partial charge in [0.1, 0.15) is 0 Å². The van der Waals surface area contributed by atoms with Gasteiger partial charge in [0.15, 0.2) is 0 Å². The normalized spacial score (nSPS) is 29.8. The second-order valence-electron chi connectivity index (χ2n) is 6.72. The van der Waals surface area contributed by atoms with Gasteiger partial charge in [0.05, 0.1) is 13.2 Å². The summed E-state index contributed by atoms with van der Waals surface area (Å²) in [5, 5.41) is 9.74. The van der Waals surface area contributed by atoms with Crippen molar-refractivity contribution in [3.05, 3.63) is 0 Å². The van der Waals surface area contributed by atoms with E-state index in [-0.39, 0.29) is 12.0 Å². The summed E-state index contributed by atoms with van der Waals surface area (Å²) in [7, 11) is 0. The highest BCUT2D eigenvalue weighted by Gasteiger charge is 2.38. The maximum Gasteiger partial charge on any atom is 0.0557 e. The number of ether oxygens (including phenoxy) is 1. The lowest BCUT2D eigenvalue weighted by Gasteiger charge is -2.37. The van der Waals surface area contributed by atoms with Crippen LogP contribution in [0.15, 0.2) is 0 Å². The summed E-state index contributed by atoms with van der Waals surface area (Å²) < 4.78 is 5.53. The standard InChI is InChI=1S/C15H29NO2/c1-13(2)9-16(14-5-3-4-6-14)10-15(11-17)7-8-18-12-15/h13-14,17H,3-12H2,1-2H3. The van der Waals surface area contributed by atoms with Gasteiger partial charge in [-0.15, -0.1) is 0 Å². The molecule has 1 aliphatic heterocycles. The fourth-order valence-electron chi connectivity index (χ4n) is 3.46. The van der Waals surface area contributed by atoms with E-state index in [1.165, 1.54) is 25.7 Å². The molecule has 1 unspecified atom stereocenters. The number of aliphatic hydroxyl groups excluding tert-OH is 1. The molecule has 3 nitrogen and oxygen atoms in total. The fraction of sp³-hybridized carbons (Fsp3) is 1.00. The van der Waals surface area contributed by atoms with Gasteiger partial charge >= 0.3 is 0 Å². The van der Waals surface area contributed by atoms with Crippen LogP contribution in [0, 0.1) is 11.3 Å². The highest BCUT2D eigenvalue weighted by atomic mass is 16.5. The first-order valence-electron chi connectivity index (χ1n) is 7.58. The van der Waals surface area contributed by atoms with E-state index >= 15 is 0 Å². The van der Waals surface area contributed by atoms with E-state index in [2.05, 4.69) is 18.7 Å². The molecule has 1 aliphatic carbocycles. The minimum absolute atomic E-state index is 0.0114. The van der Waals surface area contributed by atoms with Crippen LogP contribution in [0.25, 0.3) is 0 Å². The van der Waals surface area contributed by atoms with Crippen LogP contribution in [-0.2, 0) is 4.74 Å². The van der Waals surface area contributed by atoms with E-state index in [1.54, 1.807) is 0 Å². The number of nitrogens with zero attached hydrogens (tertiary/aromatic N) is 1. The SMILES string of the molecule is CC(C)CN(CC1(CO)CCOC1)C1CCCC1. The van der Waals surface area contributed by atoms with Gasteiger partial charge in [0.2, 0.25) is 0 Å². The molecule has 106 valence electrons. The lowest BCUT2D eigenvalue weighted by molar-refractivity contribution is 0.0370. The molecule has 0 spiro atoms. The van der Waals surface area contributed by atoms with Gasteiger partial charge in [-0.05, 0) is 25.2 Å². The lowest BCUT2D eigenvalue weighted by atomic mass is 9.87. The van der Waals surface area contributed by atoms with Crippen LogP contribution >= 0.6 is 0 Å². The molecule has 0 radical (unpaired) electrons. The predicted octanol–water partition coefficient (Wildman–Crippen LogP) is 2.29. The second kappa shape index (κ2) is 6.36. The minimum Gasteiger partial charge on any atom is -0.396 e. The molecule has 1 heterocycles. The summed E-state index contributed by atoms with van der Waals surface area (Å²) in [5.74, 6) is 0.698. The summed E-state index contributed by atoms with van der Waals surface area (Å²) >= 11 is 0. The Bertz CT molecular complexity index is 243. The van der Waals surface area contributed by atoms with Crippen molar-refractivity contribution >= 4 is 0 Å². The molecule has 0 aromatic heterocycles. The van der Waals surface area contributed by atoms with E-state index < -0.39 is 0 Å². The zero-order valence-corrected chi connectivity index (χ0v) is 12.0. The fourth-order valence-corrected chi connectivity index (χ4v) is 3.46. The molecule has 2 fully saturated rings. The zero-order valence-electron chi connectivity index (χ0n) is 12.0. The maximum absolute atomic E-state index is 9.74. The van der Waals surface area contributed by atoms with Crippen molar-refractivity contribution in [1.82, 2.24) is 4.90 Å². The van der Waals surface area contributed by atoms with Crippen molar-refractivity contribution in [3.8, 4) is 0 Å². The number of hydrogen-bond donors (Lipinski definition) is 1. The topological polar surface area (TPSA) is 32.7 Å². The van der Waals surface area contributed by atoms with Crippen LogP contribution in [0.4, 0.5) is 0 Å². The summed E-state index contributed by atoms with van der Waals surface area (Å²) in [4.78, 5) is 2.64. The Kier molecular flexibility index (Phi) is 5.05. The summed E-state index contributed by atoms with van der Waals surface area (Å²) in [6, 6.07) is 0.747. The highest BCUT2D eigenvalue weighted by Crippen LogP contribution is 2.33. The van der Waals surface area contributed by atoms with Gasteiger partial charge < -0.3 is 9.84 Å². The predicted molar refractivity (Wildman–Crippen MR) is 73.6 cm³/mol. The Morgan fingerprint density at radius 1 is 1.33 bits per heavy atom. The largest absolute Gasteiger partial charge is 0.396 e. The summed E-state index contributed by atoms with van der Waals surface area (Å²) in [6.07, 6.45) is 6.46. The molecule has 3 heteroatoms. The molecule has 0 aromatic rings. The third-order valence-corrected chi connectivity index (χ3v) is 4.50. The first-order valence-corrected chi connectivity index (χ1v) is 7.58. The Morgan fingerprint density at radius 2 is 2.06 bits per heavy atom. The number of rotatable bonds is 6. The molecule has 18 heavy (non-hydrogen) atoms. The van der Waals surface area contributed by atoms with Crippen molar-refractivity contribution in [2.45, 2.75) is 52.0 Å². The van der Waals surface area contributed by atoms with E-state index in [0.717, 1.165) is 38.8 Å². The molecule has 0 aromatic carbocycles. The molecule has 1 saturated carbocycles. The van der Waals surface area contributed by atoms with E-state index in [1.807, 2.05) is 0 Å². The lowest BCUT2D eigenvalue weighted by Crippen LogP contribution is -2.46. The second-order valence-corrected chi connectivity index (χ2v) is 6.72. The van der Waals surface area contributed by atoms with Crippen LogP contribution < -0.4 is 0 Å². The van der Waals surface area contributed by atoms with Gasteiger partial charge in [-0.1, -0.05) is 26.7 Å². The zero-order chi connectivity index (χ0) is 13.0. The molecule has 0 amide bonds. The van der Waals surface area contributed by atoms with Gasteiger partial charge in [-0.2, -0.15) is 0 Å². The van der Waals surface area contributed by atoms with Crippen LogP contribution in [-0.4, -0.2) is 49.0 Å². The van der Waals surface area contributed by atoms with Gasteiger partial charge in [0.25, 0.3) is 0 Å². The Labute approximate surface area is 112 Å². The number of hydrogen-bond acceptors (Lipinski definition) is 3. The summed E-state index contributed by atoms with van der Waals surface area (Å²) in [5.41, 5.74) is 0.0114. The van der Waals surface area contributed by atoms with Crippen molar-refractivity contribution in [2.75, 3.05) is 32.9 Å². The van der Waals surface area contributed by atoms with Gasteiger partial charge in [0, 0.05) is 31.2 Å². The molecule has 1 N–H and O–H groups in total. The maximum atomic E-state index is 9.74. The first kappa shape index (κ1) is 14.3. The van der Waals surface area contributed by atoms with Crippen molar-refractivity contribution < 1.29 is 9.84 Å². The molecule has 1 atom stereocenters. The monoisotopic (exact) mass is 255 g/mol. The average Bonchev–Trinajstić information content (AvgIpc) is 2.99. The Morgan fingerprint density at radius 3 is 2.56 bits per heavy atom. The number of aliphatic hydroxyl groups is 1. The minimum atomic E-state index is 0.0114. The van der Waals surface area contributed by atoms with E-state index in [4.69, 9.17) is 4.74 Å². The first-order chi connectivity index (χ1) is 8.65. The van der Waals surface area contributed by atoms with Gasteiger partial charge in [-0.25, -0.2) is 0 Å². The van der Waals surface area contributed by atoms with E-state index in [9.17, 15) is 5.11 Å². The third-order valence-electron chi connectivity index (χ3n) is 4.50. The molecule has 1 saturated heterocycles.